The van der Waals surface area contributed by atoms with E-state index in [1.165, 1.54) is 11.1 Å². The number of carbonyl (C=O) groups is 1. The van der Waals surface area contributed by atoms with Crippen LogP contribution in [-0.4, -0.2) is 16.6 Å². The Hall–Kier alpha value is -1.19. The highest BCUT2D eigenvalue weighted by atomic mass is 32.2. The van der Waals surface area contributed by atoms with Crippen LogP contribution in [0.25, 0.3) is 0 Å². The Kier molecular flexibility index (Phi) is 7.77. The molecule has 3 heteroatoms. The van der Waals surface area contributed by atoms with E-state index in [0.717, 1.165) is 48.3 Å². The van der Waals surface area contributed by atoms with Gasteiger partial charge >= 0.3 is 0 Å². The molecule has 0 spiro atoms. The average molecular weight is 345 g/mol. The molecular weight excluding hydrogens is 320 g/mol. The minimum atomic E-state index is -0.135. The summed E-state index contributed by atoms with van der Waals surface area (Å²) in [5.74, 6) is 2.29. The first-order valence-corrected chi connectivity index (χ1v) is 9.78. The molecule has 0 aliphatic rings. The van der Waals surface area contributed by atoms with E-state index in [1.807, 2.05) is 36.0 Å². The Bertz CT molecular complexity index is 637. The quantitative estimate of drug-likeness (QED) is 0.496. The van der Waals surface area contributed by atoms with Crippen molar-refractivity contribution >= 4 is 29.5 Å². The van der Waals surface area contributed by atoms with Gasteiger partial charge in [0.2, 0.25) is 5.12 Å². The second kappa shape index (κ2) is 9.84. The van der Waals surface area contributed by atoms with Crippen LogP contribution in [0.4, 0.5) is 0 Å². The fraction of sp³-hybridized carbons (Fsp3) is 0.350. The molecule has 0 atom stereocenters. The topological polar surface area (TPSA) is 17.1 Å². The summed E-state index contributed by atoms with van der Waals surface area (Å²) in [6, 6.07) is 16.5. The van der Waals surface area contributed by atoms with Crippen LogP contribution in [0, 0.1) is 0 Å². The van der Waals surface area contributed by atoms with Gasteiger partial charge in [0.05, 0.1) is 0 Å². The first kappa shape index (κ1) is 18.2. The van der Waals surface area contributed by atoms with E-state index in [1.54, 1.807) is 0 Å². The third-order valence-electron chi connectivity index (χ3n) is 4.00. The van der Waals surface area contributed by atoms with Crippen molar-refractivity contribution in [2.75, 3.05) is 11.5 Å². The summed E-state index contributed by atoms with van der Waals surface area (Å²) in [5.41, 5.74) is 4.81. The predicted octanol–water partition coefficient (Wildman–Crippen LogP) is 5.23. The molecule has 0 bridgehead atoms. The zero-order valence-corrected chi connectivity index (χ0v) is 15.3. The maximum atomic E-state index is 11.5. The molecule has 0 unspecified atom stereocenters. The van der Waals surface area contributed by atoms with Crippen molar-refractivity contribution in [3.8, 4) is 0 Å². The number of aryl methyl sites for hydroxylation is 3. The summed E-state index contributed by atoms with van der Waals surface area (Å²) in [6.45, 7) is 2.21. The number of rotatable bonds is 9. The summed E-state index contributed by atoms with van der Waals surface area (Å²) >= 11 is 5.95. The van der Waals surface area contributed by atoms with Gasteiger partial charge in [-0.05, 0) is 53.9 Å². The second-order valence-electron chi connectivity index (χ2n) is 5.55. The predicted molar refractivity (Wildman–Crippen MR) is 105 cm³/mol. The van der Waals surface area contributed by atoms with Crippen LogP contribution in [-0.2, 0) is 19.3 Å². The van der Waals surface area contributed by atoms with E-state index in [0.29, 0.717) is 0 Å². The molecule has 0 amide bonds. The van der Waals surface area contributed by atoms with Crippen molar-refractivity contribution in [2.45, 2.75) is 32.6 Å². The normalized spacial score (nSPS) is 10.7. The number of thioether (sulfide) groups is 1. The van der Waals surface area contributed by atoms with Gasteiger partial charge in [-0.15, -0.1) is 12.6 Å². The fourth-order valence-electron chi connectivity index (χ4n) is 2.74. The molecule has 2 aromatic rings. The lowest BCUT2D eigenvalue weighted by atomic mass is 10.0. The Morgan fingerprint density at radius 3 is 2.26 bits per heavy atom. The Morgan fingerprint density at radius 1 is 0.913 bits per heavy atom. The van der Waals surface area contributed by atoms with Gasteiger partial charge in [0.1, 0.15) is 0 Å². The molecule has 2 aromatic carbocycles. The Labute approximate surface area is 149 Å². The van der Waals surface area contributed by atoms with Crippen LogP contribution in [0.15, 0.2) is 48.5 Å². The monoisotopic (exact) mass is 344 g/mol. The van der Waals surface area contributed by atoms with Gasteiger partial charge < -0.3 is 0 Å². The van der Waals surface area contributed by atoms with Crippen molar-refractivity contribution in [1.82, 2.24) is 0 Å². The van der Waals surface area contributed by atoms with E-state index < -0.39 is 0 Å². The third-order valence-corrected chi connectivity index (χ3v) is 5.31. The van der Waals surface area contributed by atoms with Crippen molar-refractivity contribution < 1.29 is 4.79 Å². The fourth-order valence-corrected chi connectivity index (χ4v) is 3.88. The lowest BCUT2D eigenvalue weighted by Gasteiger charge is -2.08. The largest absolute Gasteiger partial charge is 0.282 e. The zero-order valence-electron chi connectivity index (χ0n) is 13.6. The van der Waals surface area contributed by atoms with Crippen LogP contribution in [0.1, 0.15) is 40.4 Å². The zero-order chi connectivity index (χ0) is 16.5. The number of hydrogen-bond donors (Lipinski definition) is 1. The molecule has 0 aliphatic heterocycles. The number of thiol groups is 1. The van der Waals surface area contributed by atoms with Gasteiger partial charge in [0.25, 0.3) is 0 Å². The minimum Gasteiger partial charge on any atom is -0.282 e. The lowest BCUT2D eigenvalue weighted by molar-refractivity contribution is 0.109. The highest BCUT2D eigenvalue weighted by molar-refractivity contribution is 7.99. The number of benzene rings is 2. The maximum absolute atomic E-state index is 11.5. The van der Waals surface area contributed by atoms with Crippen molar-refractivity contribution in [1.29, 1.82) is 0 Å². The van der Waals surface area contributed by atoms with Gasteiger partial charge in [0.15, 0.2) is 0 Å². The summed E-state index contributed by atoms with van der Waals surface area (Å²) in [7, 11) is 0. The maximum Gasteiger partial charge on any atom is 0.216 e. The molecule has 23 heavy (non-hydrogen) atoms. The first-order chi connectivity index (χ1) is 11.2. The van der Waals surface area contributed by atoms with Crippen LogP contribution in [0.5, 0.6) is 0 Å². The molecule has 0 N–H and O–H groups in total. The Morgan fingerprint density at radius 2 is 1.57 bits per heavy atom. The third kappa shape index (κ3) is 5.74. The van der Waals surface area contributed by atoms with Crippen molar-refractivity contribution in [3.05, 3.63) is 70.8 Å². The van der Waals surface area contributed by atoms with Gasteiger partial charge in [-0.25, -0.2) is 0 Å². The molecule has 0 aliphatic carbocycles. The molecule has 0 heterocycles. The van der Waals surface area contributed by atoms with Crippen molar-refractivity contribution in [3.63, 3.8) is 0 Å². The molecule has 0 saturated heterocycles. The molecule has 122 valence electrons. The van der Waals surface area contributed by atoms with Gasteiger partial charge in [-0.3, -0.25) is 4.79 Å². The van der Waals surface area contributed by atoms with E-state index in [9.17, 15) is 4.79 Å². The van der Waals surface area contributed by atoms with E-state index >= 15 is 0 Å². The van der Waals surface area contributed by atoms with Gasteiger partial charge in [-0.1, -0.05) is 55.5 Å². The Balaban J connectivity index is 1.71. The number of carbonyl (C=O) groups excluding carboxylic acids is 1. The summed E-state index contributed by atoms with van der Waals surface area (Å²) in [5, 5.41) is -0.135. The van der Waals surface area contributed by atoms with Crippen LogP contribution < -0.4 is 0 Å². The van der Waals surface area contributed by atoms with Gasteiger partial charge in [0, 0.05) is 5.56 Å². The van der Waals surface area contributed by atoms with Crippen molar-refractivity contribution in [2.24, 2.45) is 0 Å². The van der Waals surface area contributed by atoms with E-state index in [4.69, 9.17) is 0 Å². The highest BCUT2D eigenvalue weighted by Crippen LogP contribution is 2.17. The smallest absolute Gasteiger partial charge is 0.216 e. The van der Waals surface area contributed by atoms with Crippen LogP contribution in [0.2, 0.25) is 0 Å². The minimum absolute atomic E-state index is 0.135. The van der Waals surface area contributed by atoms with Crippen LogP contribution >= 0.6 is 24.4 Å². The van der Waals surface area contributed by atoms with E-state index in [2.05, 4.69) is 43.8 Å². The first-order valence-electron chi connectivity index (χ1n) is 8.18. The summed E-state index contributed by atoms with van der Waals surface area (Å²) < 4.78 is 0. The molecule has 0 radical (unpaired) electrons. The molecule has 2 rings (SSSR count). The average Bonchev–Trinajstić information content (AvgIpc) is 2.58. The summed E-state index contributed by atoms with van der Waals surface area (Å²) in [4.78, 5) is 11.5. The molecule has 1 nitrogen and oxygen atoms in total. The second-order valence-corrected chi connectivity index (χ2v) is 7.18. The molecule has 0 saturated carbocycles. The molecular formula is C20H24OS2. The lowest BCUT2D eigenvalue weighted by Crippen LogP contribution is -1.99. The van der Waals surface area contributed by atoms with Crippen LogP contribution in [0.3, 0.4) is 0 Å². The molecule has 0 fully saturated rings. The standard InChI is InChI=1S/C20H24OS2/c1-2-16-8-3-4-9-17(16)13-15-23-14-7-11-18-10-5-6-12-19(18)20(21)22/h3-6,8-10,12H,2,7,11,13-15H2,1H3,(H,21,22). The number of hydrogen-bond acceptors (Lipinski definition) is 2. The summed E-state index contributed by atoms with van der Waals surface area (Å²) in [6.07, 6.45) is 4.29. The van der Waals surface area contributed by atoms with E-state index in [-0.39, 0.29) is 5.12 Å². The highest BCUT2D eigenvalue weighted by Gasteiger charge is 2.06. The SMILES string of the molecule is CCc1ccccc1CCSCCCc1ccccc1C(=O)S. The molecule has 0 aromatic heterocycles. The van der Waals surface area contributed by atoms with Gasteiger partial charge in [-0.2, -0.15) is 11.8 Å².